The molecule has 3 aromatic rings. The normalized spacial score (nSPS) is 11.1. The van der Waals surface area contributed by atoms with Gasteiger partial charge in [0.15, 0.2) is 5.58 Å². The monoisotopic (exact) mass is 258 g/mol. The molecule has 19 heavy (non-hydrogen) atoms. The van der Waals surface area contributed by atoms with Crippen molar-refractivity contribution in [2.24, 2.45) is 0 Å². The van der Waals surface area contributed by atoms with Crippen molar-refractivity contribution >= 4 is 22.8 Å². The molecule has 1 aromatic carbocycles. The van der Waals surface area contributed by atoms with Crippen molar-refractivity contribution < 1.29 is 8.83 Å². The lowest BCUT2D eigenvalue weighted by Gasteiger charge is -1.95. The summed E-state index contributed by atoms with van der Waals surface area (Å²) in [6, 6.07) is 5.76. The van der Waals surface area contributed by atoms with Gasteiger partial charge in [0.05, 0.1) is 12.2 Å². The van der Waals surface area contributed by atoms with Gasteiger partial charge in [-0.25, -0.2) is 4.98 Å². The maximum absolute atomic E-state index is 5.69. The van der Waals surface area contributed by atoms with Crippen molar-refractivity contribution in [2.45, 2.75) is 20.4 Å². The molecule has 0 radical (unpaired) electrons. The largest absolute Gasteiger partial charge is 0.444 e. The van der Waals surface area contributed by atoms with Gasteiger partial charge in [0.1, 0.15) is 11.3 Å². The van der Waals surface area contributed by atoms with Crippen molar-refractivity contribution in [1.82, 2.24) is 9.97 Å². The fraction of sp³-hybridized carbons (Fsp3) is 0.231. The van der Waals surface area contributed by atoms with E-state index in [2.05, 4.69) is 15.3 Å². The zero-order valence-corrected chi connectivity index (χ0v) is 10.7. The van der Waals surface area contributed by atoms with Crippen LogP contribution in [0.2, 0.25) is 0 Å². The van der Waals surface area contributed by atoms with E-state index in [9.17, 15) is 0 Å². The number of benzene rings is 1. The van der Waals surface area contributed by atoms with E-state index in [1.807, 2.05) is 13.8 Å². The molecular formula is C13H14N4O2. The summed E-state index contributed by atoms with van der Waals surface area (Å²) in [7, 11) is 0. The number of aromatic nitrogens is 2. The van der Waals surface area contributed by atoms with Crippen molar-refractivity contribution in [2.75, 3.05) is 11.1 Å². The molecule has 0 aliphatic heterocycles. The molecule has 3 rings (SSSR count). The van der Waals surface area contributed by atoms with E-state index in [0.29, 0.717) is 29.7 Å². The van der Waals surface area contributed by atoms with Crippen molar-refractivity contribution in [3.63, 3.8) is 0 Å². The van der Waals surface area contributed by atoms with Crippen LogP contribution in [-0.4, -0.2) is 9.97 Å². The number of nitrogen functional groups attached to an aromatic ring is 1. The molecule has 0 saturated heterocycles. The first-order valence-corrected chi connectivity index (χ1v) is 5.94. The van der Waals surface area contributed by atoms with E-state index in [0.717, 1.165) is 17.0 Å². The van der Waals surface area contributed by atoms with Crippen LogP contribution in [-0.2, 0) is 6.54 Å². The Morgan fingerprint density at radius 3 is 2.79 bits per heavy atom. The second-order valence-corrected chi connectivity index (χ2v) is 4.35. The van der Waals surface area contributed by atoms with Gasteiger partial charge in [-0.15, -0.1) is 0 Å². The number of oxazole rings is 2. The Morgan fingerprint density at radius 2 is 2.05 bits per heavy atom. The van der Waals surface area contributed by atoms with Crippen LogP contribution < -0.4 is 11.1 Å². The van der Waals surface area contributed by atoms with Crippen LogP contribution in [0.4, 0.5) is 11.7 Å². The third kappa shape index (κ3) is 2.24. The molecule has 0 saturated carbocycles. The number of rotatable bonds is 3. The van der Waals surface area contributed by atoms with Crippen LogP contribution in [0.3, 0.4) is 0 Å². The summed E-state index contributed by atoms with van der Waals surface area (Å²) in [6.07, 6.45) is 0. The lowest BCUT2D eigenvalue weighted by molar-refractivity contribution is 0.475. The van der Waals surface area contributed by atoms with Crippen LogP contribution in [0.5, 0.6) is 0 Å². The molecule has 0 aliphatic rings. The molecule has 0 atom stereocenters. The molecule has 2 aromatic heterocycles. The van der Waals surface area contributed by atoms with E-state index >= 15 is 0 Å². The summed E-state index contributed by atoms with van der Waals surface area (Å²) in [4.78, 5) is 8.57. The zero-order valence-electron chi connectivity index (χ0n) is 10.7. The van der Waals surface area contributed by atoms with Gasteiger partial charge in [0.2, 0.25) is 5.89 Å². The lowest BCUT2D eigenvalue weighted by atomic mass is 10.3. The van der Waals surface area contributed by atoms with E-state index < -0.39 is 0 Å². The Hall–Kier alpha value is -2.50. The van der Waals surface area contributed by atoms with Gasteiger partial charge in [-0.05, 0) is 32.0 Å². The first kappa shape index (κ1) is 11.6. The average Bonchev–Trinajstić information content (AvgIpc) is 2.90. The molecule has 98 valence electrons. The molecule has 6 nitrogen and oxygen atoms in total. The summed E-state index contributed by atoms with van der Waals surface area (Å²) in [6.45, 7) is 4.22. The highest BCUT2D eigenvalue weighted by Gasteiger charge is 2.08. The number of hydrogen-bond donors (Lipinski definition) is 2. The number of fused-ring (bicyclic) bond motifs is 1. The highest BCUT2D eigenvalue weighted by atomic mass is 16.4. The zero-order chi connectivity index (χ0) is 13.4. The van der Waals surface area contributed by atoms with Crippen molar-refractivity contribution in [3.05, 3.63) is 35.5 Å². The molecule has 6 heteroatoms. The smallest absolute Gasteiger partial charge is 0.296 e. The predicted molar refractivity (Wildman–Crippen MR) is 71.7 cm³/mol. The molecule has 0 spiro atoms. The number of hydrogen-bond acceptors (Lipinski definition) is 6. The Balaban J connectivity index is 1.78. The molecule has 0 unspecified atom stereocenters. The van der Waals surface area contributed by atoms with Crippen LogP contribution >= 0.6 is 0 Å². The quantitative estimate of drug-likeness (QED) is 0.702. The minimum absolute atomic E-state index is 0.425. The fourth-order valence-electron chi connectivity index (χ4n) is 1.79. The number of nitrogens with zero attached hydrogens (tertiary/aromatic N) is 2. The second kappa shape index (κ2) is 4.31. The average molecular weight is 258 g/mol. The Bertz CT molecular complexity index is 710. The van der Waals surface area contributed by atoms with Crippen molar-refractivity contribution in [1.29, 1.82) is 0 Å². The third-order valence-corrected chi connectivity index (χ3v) is 2.88. The van der Waals surface area contributed by atoms with E-state index in [-0.39, 0.29) is 0 Å². The first-order chi connectivity index (χ1) is 9.11. The molecule has 3 N–H and O–H groups in total. The summed E-state index contributed by atoms with van der Waals surface area (Å²) >= 11 is 0. The molecule has 0 bridgehead atoms. The van der Waals surface area contributed by atoms with Gasteiger partial charge in [-0.3, -0.25) is 0 Å². The molecule has 0 fully saturated rings. The Labute approximate surface area is 109 Å². The second-order valence-electron chi connectivity index (χ2n) is 4.35. The van der Waals surface area contributed by atoms with Gasteiger partial charge in [0.25, 0.3) is 6.01 Å². The van der Waals surface area contributed by atoms with Crippen LogP contribution in [0, 0.1) is 13.8 Å². The predicted octanol–water partition coefficient (Wildman–Crippen LogP) is 2.63. The van der Waals surface area contributed by atoms with E-state index in [1.165, 1.54) is 0 Å². The van der Waals surface area contributed by atoms with E-state index in [1.54, 1.807) is 18.2 Å². The van der Waals surface area contributed by atoms with Gasteiger partial charge in [-0.1, -0.05) is 0 Å². The number of anilines is 2. The standard InChI is InChI=1S/C13H14N4O2/c1-7-8(2)18-12(16-7)6-15-13-17-10-5-9(14)3-4-11(10)19-13/h3-5H,6,14H2,1-2H3,(H,15,17). The molecular weight excluding hydrogens is 244 g/mol. The van der Waals surface area contributed by atoms with Gasteiger partial charge in [0, 0.05) is 5.69 Å². The van der Waals surface area contributed by atoms with Gasteiger partial charge < -0.3 is 19.9 Å². The van der Waals surface area contributed by atoms with Crippen molar-refractivity contribution in [3.8, 4) is 0 Å². The highest BCUT2D eigenvalue weighted by molar-refractivity contribution is 5.78. The first-order valence-electron chi connectivity index (χ1n) is 5.94. The third-order valence-electron chi connectivity index (χ3n) is 2.88. The molecule has 0 amide bonds. The van der Waals surface area contributed by atoms with Gasteiger partial charge in [-0.2, -0.15) is 4.98 Å². The topological polar surface area (TPSA) is 90.1 Å². The summed E-state index contributed by atoms with van der Waals surface area (Å²) in [5.74, 6) is 1.43. The van der Waals surface area contributed by atoms with Crippen LogP contribution in [0.1, 0.15) is 17.3 Å². The Kier molecular flexibility index (Phi) is 2.63. The highest BCUT2D eigenvalue weighted by Crippen LogP contribution is 2.21. The SMILES string of the molecule is Cc1nc(CNc2nc3cc(N)ccc3o2)oc1C. The minimum Gasteiger partial charge on any atom is -0.444 e. The Morgan fingerprint density at radius 1 is 1.21 bits per heavy atom. The van der Waals surface area contributed by atoms with Crippen LogP contribution in [0.15, 0.2) is 27.0 Å². The summed E-state index contributed by atoms with van der Waals surface area (Å²) < 4.78 is 11.0. The fourth-order valence-corrected chi connectivity index (χ4v) is 1.79. The van der Waals surface area contributed by atoms with Gasteiger partial charge >= 0.3 is 0 Å². The lowest BCUT2D eigenvalue weighted by Crippen LogP contribution is -1.99. The maximum atomic E-state index is 5.69. The molecule has 0 aliphatic carbocycles. The summed E-state index contributed by atoms with van der Waals surface area (Å²) in [5.41, 5.74) is 8.66. The summed E-state index contributed by atoms with van der Waals surface area (Å²) in [5, 5.41) is 3.04. The number of nitrogens with one attached hydrogen (secondary N) is 1. The molecule has 2 heterocycles. The minimum atomic E-state index is 0.425. The number of aryl methyl sites for hydroxylation is 2. The van der Waals surface area contributed by atoms with Crippen LogP contribution in [0.25, 0.3) is 11.1 Å². The number of nitrogens with two attached hydrogens (primary N) is 1. The maximum Gasteiger partial charge on any atom is 0.296 e. The van der Waals surface area contributed by atoms with E-state index in [4.69, 9.17) is 14.6 Å².